The highest BCUT2D eigenvalue weighted by atomic mass is 35.5. The quantitative estimate of drug-likeness (QED) is 0.654. The minimum Gasteiger partial charge on any atom is -0.295 e. The van der Waals surface area contributed by atoms with Crippen LogP contribution in [0.1, 0.15) is 5.56 Å². The topological polar surface area (TPSA) is 17.1 Å². The number of ketones is 1. The smallest absolute Gasteiger partial charge is 0.159 e. The molecule has 2 heteroatoms. The van der Waals surface area contributed by atoms with Crippen molar-refractivity contribution in [2.24, 2.45) is 0 Å². The van der Waals surface area contributed by atoms with Gasteiger partial charge in [0.15, 0.2) is 5.78 Å². The summed E-state index contributed by atoms with van der Waals surface area (Å²) >= 11 is 5.68. The zero-order valence-corrected chi connectivity index (χ0v) is 7.34. The van der Waals surface area contributed by atoms with Crippen LogP contribution in [0.5, 0.6) is 0 Å². The highest BCUT2D eigenvalue weighted by Gasteiger charge is 1.97. The van der Waals surface area contributed by atoms with E-state index in [2.05, 4.69) is 6.58 Å². The van der Waals surface area contributed by atoms with Gasteiger partial charge >= 0.3 is 0 Å². The summed E-state index contributed by atoms with van der Waals surface area (Å²) in [6.07, 6.45) is 1.73. The summed E-state index contributed by atoms with van der Waals surface area (Å²) in [5.74, 6) is 0.0253. The molecule has 0 radical (unpaired) electrons. The van der Waals surface area contributed by atoms with Gasteiger partial charge in [-0.05, 0) is 23.8 Å². The average Bonchev–Trinajstić information content (AvgIpc) is 2.09. The molecule has 62 valence electrons. The van der Waals surface area contributed by atoms with E-state index in [1.54, 1.807) is 12.1 Å². The van der Waals surface area contributed by atoms with Gasteiger partial charge in [0.2, 0.25) is 0 Å². The van der Waals surface area contributed by atoms with Crippen LogP contribution < -0.4 is 0 Å². The van der Waals surface area contributed by atoms with E-state index in [-0.39, 0.29) is 5.78 Å². The Hall–Kier alpha value is -1.08. The first-order valence-corrected chi connectivity index (χ1v) is 4.00. The van der Waals surface area contributed by atoms with E-state index < -0.39 is 0 Å². The van der Waals surface area contributed by atoms with Crippen molar-refractivity contribution in [3.63, 3.8) is 0 Å². The van der Waals surface area contributed by atoms with Gasteiger partial charge in [0.25, 0.3) is 0 Å². The Balaban J connectivity index is 2.71. The van der Waals surface area contributed by atoms with Gasteiger partial charge in [-0.1, -0.05) is 30.3 Å². The number of benzene rings is 1. The van der Waals surface area contributed by atoms with E-state index in [0.717, 1.165) is 5.56 Å². The summed E-state index contributed by atoms with van der Waals surface area (Å²) < 4.78 is 0. The van der Waals surface area contributed by atoms with Crippen molar-refractivity contribution < 1.29 is 4.79 Å². The van der Waals surface area contributed by atoms with Crippen LogP contribution in [0.2, 0.25) is 5.02 Å². The molecule has 0 heterocycles. The standard InChI is InChI=1S/C10H9ClO/c1-2-10(12)7-8-3-5-9(11)6-4-8/h2-6H,1,7H2. The lowest BCUT2D eigenvalue weighted by Crippen LogP contribution is -1.96. The molecule has 0 aliphatic heterocycles. The van der Waals surface area contributed by atoms with E-state index >= 15 is 0 Å². The first-order chi connectivity index (χ1) is 5.72. The summed E-state index contributed by atoms with van der Waals surface area (Å²) in [6, 6.07) is 7.22. The number of halogens is 1. The van der Waals surface area contributed by atoms with Gasteiger partial charge in [0.05, 0.1) is 0 Å². The average molecular weight is 181 g/mol. The fourth-order valence-electron chi connectivity index (χ4n) is 0.876. The van der Waals surface area contributed by atoms with E-state index in [1.165, 1.54) is 6.08 Å². The third-order valence-electron chi connectivity index (χ3n) is 1.52. The summed E-state index contributed by atoms with van der Waals surface area (Å²) in [5.41, 5.74) is 0.962. The van der Waals surface area contributed by atoms with E-state index in [0.29, 0.717) is 11.4 Å². The zero-order chi connectivity index (χ0) is 8.97. The van der Waals surface area contributed by atoms with Crippen molar-refractivity contribution in [3.8, 4) is 0 Å². The van der Waals surface area contributed by atoms with Crippen LogP contribution in [0.3, 0.4) is 0 Å². The second kappa shape index (κ2) is 4.07. The molecule has 1 aromatic rings. The molecule has 0 N–H and O–H groups in total. The number of rotatable bonds is 3. The van der Waals surface area contributed by atoms with Crippen LogP contribution >= 0.6 is 11.6 Å². The number of hydrogen-bond donors (Lipinski definition) is 0. The largest absolute Gasteiger partial charge is 0.295 e. The number of carbonyl (C=O) groups excluding carboxylic acids is 1. The fraction of sp³-hybridized carbons (Fsp3) is 0.100. The first-order valence-electron chi connectivity index (χ1n) is 3.62. The second-order valence-electron chi connectivity index (χ2n) is 2.47. The van der Waals surface area contributed by atoms with Crippen LogP contribution in [0.25, 0.3) is 0 Å². The highest BCUT2D eigenvalue weighted by molar-refractivity contribution is 6.30. The normalized spacial score (nSPS) is 9.42. The number of allylic oxidation sites excluding steroid dienone is 1. The molecular weight excluding hydrogens is 172 g/mol. The van der Waals surface area contributed by atoms with Gasteiger partial charge in [-0.15, -0.1) is 0 Å². The van der Waals surface area contributed by atoms with Crippen LogP contribution in [0.4, 0.5) is 0 Å². The molecule has 0 amide bonds. The van der Waals surface area contributed by atoms with Gasteiger partial charge in [-0.25, -0.2) is 0 Å². The van der Waals surface area contributed by atoms with Crippen LogP contribution in [-0.4, -0.2) is 5.78 Å². The van der Waals surface area contributed by atoms with Crippen LogP contribution in [-0.2, 0) is 11.2 Å². The molecule has 1 aromatic carbocycles. The fourth-order valence-corrected chi connectivity index (χ4v) is 1.00. The molecule has 1 rings (SSSR count). The van der Waals surface area contributed by atoms with Gasteiger partial charge in [-0.3, -0.25) is 4.79 Å². The lowest BCUT2D eigenvalue weighted by Gasteiger charge is -1.96. The summed E-state index contributed by atoms with van der Waals surface area (Å²) in [5, 5.41) is 0.685. The van der Waals surface area contributed by atoms with Gasteiger partial charge < -0.3 is 0 Å². The molecular formula is C10H9ClO. The third kappa shape index (κ3) is 2.51. The van der Waals surface area contributed by atoms with Crippen molar-refractivity contribution in [1.29, 1.82) is 0 Å². The predicted octanol–water partition coefficient (Wildman–Crippen LogP) is 2.64. The van der Waals surface area contributed by atoms with Crippen LogP contribution in [0.15, 0.2) is 36.9 Å². The Morgan fingerprint density at radius 3 is 2.50 bits per heavy atom. The summed E-state index contributed by atoms with van der Waals surface area (Å²) in [7, 11) is 0. The molecule has 0 unspecified atom stereocenters. The predicted molar refractivity (Wildman–Crippen MR) is 50.4 cm³/mol. The van der Waals surface area contributed by atoms with Crippen molar-refractivity contribution in [2.75, 3.05) is 0 Å². The van der Waals surface area contributed by atoms with Crippen molar-refractivity contribution in [2.45, 2.75) is 6.42 Å². The molecule has 0 saturated heterocycles. The Kier molecular flexibility index (Phi) is 3.06. The molecule has 0 bridgehead atoms. The molecule has 0 spiro atoms. The number of hydrogen-bond acceptors (Lipinski definition) is 1. The third-order valence-corrected chi connectivity index (χ3v) is 1.77. The van der Waals surface area contributed by atoms with E-state index in [9.17, 15) is 4.79 Å². The van der Waals surface area contributed by atoms with E-state index in [1.807, 2.05) is 12.1 Å². The van der Waals surface area contributed by atoms with E-state index in [4.69, 9.17) is 11.6 Å². The Bertz CT molecular complexity index is 287. The summed E-state index contributed by atoms with van der Waals surface area (Å²) in [4.78, 5) is 10.9. The van der Waals surface area contributed by atoms with Crippen molar-refractivity contribution in [1.82, 2.24) is 0 Å². The molecule has 1 nitrogen and oxygen atoms in total. The highest BCUT2D eigenvalue weighted by Crippen LogP contribution is 2.09. The monoisotopic (exact) mass is 180 g/mol. The summed E-state index contributed by atoms with van der Waals surface area (Å²) in [6.45, 7) is 3.40. The van der Waals surface area contributed by atoms with Crippen molar-refractivity contribution in [3.05, 3.63) is 47.5 Å². The van der Waals surface area contributed by atoms with Gasteiger partial charge in [0.1, 0.15) is 0 Å². The zero-order valence-electron chi connectivity index (χ0n) is 6.59. The van der Waals surface area contributed by atoms with Gasteiger partial charge in [-0.2, -0.15) is 0 Å². The van der Waals surface area contributed by atoms with Crippen LogP contribution in [0, 0.1) is 0 Å². The van der Waals surface area contributed by atoms with Gasteiger partial charge in [0, 0.05) is 11.4 Å². The Morgan fingerprint density at radius 2 is 2.00 bits per heavy atom. The molecule has 0 fully saturated rings. The minimum absolute atomic E-state index is 0.0253. The van der Waals surface area contributed by atoms with Crippen molar-refractivity contribution >= 4 is 17.4 Å². The minimum atomic E-state index is 0.0253. The Labute approximate surface area is 76.7 Å². The maximum absolute atomic E-state index is 10.9. The maximum atomic E-state index is 10.9. The molecule has 12 heavy (non-hydrogen) atoms. The maximum Gasteiger partial charge on any atom is 0.159 e. The second-order valence-corrected chi connectivity index (χ2v) is 2.91. The molecule has 0 aliphatic rings. The lowest BCUT2D eigenvalue weighted by atomic mass is 10.1. The molecule has 0 aliphatic carbocycles. The molecule has 0 saturated carbocycles. The molecule has 0 atom stereocenters. The SMILES string of the molecule is C=CC(=O)Cc1ccc(Cl)cc1. The first kappa shape index (κ1) is 9.01. The lowest BCUT2D eigenvalue weighted by molar-refractivity contribution is -0.114. The molecule has 0 aromatic heterocycles. The number of carbonyl (C=O) groups is 1. The Morgan fingerprint density at radius 1 is 1.42 bits per heavy atom.